The first-order valence-electron chi connectivity index (χ1n) is 8.48. The fraction of sp³-hybridized carbons (Fsp3) is 0.0476. The molecule has 28 heavy (non-hydrogen) atoms. The van der Waals surface area contributed by atoms with Gasteiger partial charge in [0.2, 0.25) is 0 Å². The molecule has 2 aromatic carbocycles. The second kappa shape index (κ2) is 7.62. The summed E-state index contributed by atoms with van der Waals surface area (Å²) in [6, 6.07) is 16.6. The Kier molecular flexibility index (Phi) is 5.03. The van der Waals surface area contributed by atoms with Crippen LogP contribution in [0.1, 0.15) is 16.1 Å². The van der Waals surface area contributed by atoms with Crippen molar-refractivity contribution < 1.29 is 9.18 Å². The van der Waals surface area contributed by atoms with E-state index in [1.165, 1.54) is 12.1 Å². The lowest BCUT2D eigenvalue weighted by molar-refractivity contribution is 0.0944. The topological polar surface area (TPSA) is 46.4 Å². The molecule has 140 valence electrons. The third kappa shape index (κ3) is 3.72. The summed E-state index contributed by atoms with van der Waals surface area (Å²) in [6.45, 7) is 0.265. The van der Waals surface area contributed by atoms with Crippen molar-refractivity contribution in [3.05, 3.63) is 94.0 Å². The van der Waals surface area contributed by atoms with Gasteiger partial charge in [0.15, 0.2) is 0 Å². The van der Waals surface area contributed by atoms with Gasteiger partial charge in [-0.3, -0.25) is 4.79 Å². The average molecular weight is 414 g/mol. The SMILES string of the molecule is O=C(NCc1ccc(F)cc1)c1cc(-c2ccc(Cl)cc2Cl)c2cccn2n1. The fourth-order valence-corrected chi connectivity index (χ4v) is 3.45. The van der Waals surface area contributed by atoms with Gasteiger partial charge in [-0.1, -0.05) is 41.4 Å². The van der Waals surface area contributed by atoms with Crippen molar-refractivity contribution in [2.45, 2.75) is 6.54 Å². The lowest BCUT2D eigenvalue weighted by Crippen LogP contribution is -2.24. The Bertz CT molecular complexity index is 1170. The molecule has 4 aromatic rings. The molecule has 0 fully saturated rings. The minimum absolute atomic E-state index is 0.242. The molecule has 0 bridgehead atoms. The molecule has 7 heteroatoms. The van der Waals surface area contributed by atoms with E-state index in [0.29, 0.717) is 10.0 Å². The number of hydrogen-bond acceptors (Lipinski definition) is 2. The van der Waals surface area contributed by atoms with Crippen LogP contribution in [-0.4, -0.2) is 15.5 Å². The summed E-state index contributed by atoms with van der Waals surface area (Å²) in [7, 11) is 0. The van der Waals surface area contributed by atoms with Gasteiger partial charge in [-0.25, -0.2) is 8.91 Å². The number of benzene rings is 2. The van der Waals surface area contributed by atoms with Gasteiger partial charge in [0.25, 0.3) is 5.91 Å². The summed E-state index contributed by atoms with van der Waals surface area (Å²) in [5.41, 5.74) is 3.38. The van der Waals surface area contributed by atoms with Gasteiger partial charge in [0.05, 0.1) is 5.52 Å². The Labute approximate surface area is 170 Å². The van der Waals surface area contributed by atoms with Crippen LogP contribution in [0.5, 0.6) is 0 Å². The minimum atomic E-state index is -0.341. The van der Waals surface area contributed by atoms with E-state index in [1.54, 1.807) is 41.0 Å². The van der Waals surface area contributed by atoms with E-state index in [2.05, 4.69) is 10.4 Å². The van der Waals surface area contributed by atoms with Crippen LogP contribution in [0.3, 0.4) is 0 Å². The summed E-state index contributed by atoms with van der Waals surface area (Å²) in [6.07, 6.45) is 1.76. The molecule has 0 aliphatic heterocycles. The molecule has 0 radical (unpaired) electrons. The van der Waals surface area contributed by atoms with Crippen LogP contribution >= 0.6 is 23.2 Å². The first-order valence-corrected chi connectivity index (χ1v) is 9.23. The van der Waals surface area contributed by atoms with Crippen molar-refractivity contribution in [1.82, 2.24) is 14.9 Å². The molecule has 4 rings (SSSR count). The van der Waals surface area contributed by atoms with Crippen molar-refractivity contribution in [3.63, 3.8) is 0 Å². The number of halogens is 3. The Morgan fingerprint density at radius 1 is 1.04 bits per heavy atom. The van der Waals surface area contributed by atoms with Crippen molar-refractivity contribution in [3.8, 4) is 11.1 Å². The van der Waals surface area contributed by atoms with Gasteiger partial charge >= 0.3 is 0 Å². The standard InChI is InChI=1S/C21H14Cl2FN3O/c22-14-5-8-16(18(23)10-14)17-11-19(26-27-9-1-2-20(17)27)21(28)25-12-13-3-6-15(24)7-4-13/h1-11H,12H2,(H,25,28). The highest BCUT2D eigenvalue weighted by Crippen LogP contribution is 2.33. The number of amides is 1. The maximum absolute atomic E-state index is 13.0. The predicted molar refractivity (Wildman–Crippen MR) is 108 cm³/mol. The van der Waals surface area contributed by atoms with Crippen LogP contribution in [0, 0.1) is 5.82 Å². The number of nitrogens with one attached hydrogen (secondary N) is 1. The molecule has 2 heterocycles. The van der Waals surface area contributed by atoms with E-state index in [-0.39, 0.29) is 24.0 Å². The molecular formula is C21H14Cl2FN3O. The van der Waals surface area contributed by atoms with Gasteiger partial charge in [-0.05, 0) is 48.0 Å². The van der Waals surface area contributed by atoms with Crippen molar-refractivity contribution in [2.24, 2.45) is 0 Å². The van der Waals surface area contributed by atoms with E-state index < -0.39 is 0 Å². The quantitative estimate of drug-likeness (QED) is 0.488. The highest BCUT2D eigenvalue weighted by atomic mass is 35.5. The van der Waals surface area contributed by atoms with Crippen LogP contribution in [0.2, 0.25) is 10.0 Å². The molecule has 4 nitrogen and oxygen atoms in total. The van der Waals surface area contributed by atoms with Crippen molar-refractivity contribution >= 4 is 34.6 Å². The molecule has 0 aliphatic carbocycles. The number of rotatable bonds is 4. The van der Waals surface area contributed by atoms with E-state index in [4.69, 9.17) is 23.2 Å². The van der Waals surface area contributed by atoms with Crippen molar-refractivity contribution in [2.75, 3.05) is 0 Å². The van der Waals surface area contributed by atoms with Gasteiger partial charge in [0.1, 0.15) is 11.5 Å². The van der Waals surface area contributed by atoms with Crippen LogP contribution in [0.25, 0.3) is 16.6 Å². The molecule has 0 unspecified atom stereocenters. The number of hydrogen-bond donors (Lipinski definition) is 1. The van der Waals surface area contributed by atoms with Crippen LogP contribution in [0.4, 0.5) is 4.39 Å². The second-order valence-electron chi connectivity index (χ2n) is 6.21. The Morgan fingerprint density at radius 3 is 2.57 bits per heavy atom. The zero-order valence-electron chi connectivity index (χ0n) is 14.5. The van der Waals surface area contributed by atoms with Crippen LogP contribution < -0.4 is 5.32 Å². The molecule has 1 N–H and O–H groups in total. The van der Waals surface area contributed by atoms with Gasteiger partial charge < -0.3 is 5.32 Å². The fourth-order valence-electron chi connectivity index (χ4n) is 2.94. The lowest BCUT2D eigenvalue weighted by atomic mass is 10.0. The highest BCUT2D eigenvalue weighted by molar-refractivity contribution is 6.36. The molecule has 0 saturated heterocycles. The third-order valence-corrected chi connectivity index (χ3v) is 4.87. The minimum Gasteiger partial charge on any atom is -0.347 e. The normalized spacial score (nSPS) is 11.0. The Morgan fingerprint density at radius 2 is 1.82 bits per heavy atom. The van der Waals surface area contributed by atoms with E-state index in [0.717, 1.165) is 22.2 Å². The number of aromatic nitrogens is 2. The number of carbonyl (C=O) groups excluding carboxylic acids is 1. The molecule has 0 aliphatic rings. The number of fused-ring (bicyclic) bond motifs is 1. The number of carbonyl (C=O) groups is 1. The predicted octanol–water partition coefficient (Wildman–Crippen LogP) is 5.38. The maximum atomic E-state index is 13.0. The van der Waals surface area contributed by atoms with Crippen LogP contribution in [0.15, 0.2) is 66.9 Å². The van der Waals surface area contributed by atoms with Gasteiger partial charge in [0, 0.05) is 33.9 Å². The molecule has 2 aromatic heterocycles. The van der Waals surface area contributed by atoms with E-state index in [9.17, 15) is 9.18 Å². The Balaban J connectivity index is 1.67. The summed E-state index contributed by atoms with van der Waals surface area (Å²) >= 11 is 12.4. The van der Waals surface area contributed by atoms with Gasteiger partial charge in [-0.15, -0.1) is 0 Å². The van der Waals surface area contributed by atoms with Crippen molar-refractivity contribution in [1.29, 1.82) is 0 Å². The molecule has 0 saturated carbocycles. The Hall–Kier alpha value is -2.89. The van der Waals surface area contributed by atoms with E-state index >= 15 is 0 Å². The maximum Gasteiger partial charge on any atom is 0.272 e. The summed E-state index contributed by atoms with van der Waals surface area (Å²) in [4.78, 5) is 12.7. The molecular weight excluding hydrogens is 400 g/mol. The summed E-state index contributed by atoms with van der Waals surface area (Å²) < 4.78 is 14.6. The first kappa shape index (κ1) is 18.5. The summed E-state index contributed by atoms with van der Waals surface area (Å²) in [5, 5.41) is 8.19. The zero-order valence-corrected chi connectivity index (χ0v) is 16.0. The first-order chi connectivity index (χ1) is 13.5. The third-order valence-electron chi connectivity index (χ3n) is 4.32. The number of nitrogens with zero attached hydrogens (tertiary/aromatic N) is 2. The molecule has 1 amide bonds. The highest BCUT2D eigenvalue weighted by Gasteiger charge is 2.15. The van der Waals surface area contributed by atoms with Gasteiger partial charge in [-0.2, -0.15) is 5.10 Å². The average Bonchev–Trinajstić information content (AvgIpc) is 3.15. The zero-order chi connectivity index (χ0) is 19.7. The second-order valence-corrected chi connectivity index (χ2v) is 7.06. The molecule has 0 atom stereocenters. The lowest BCUT2D eigenvalue weighted by Gasteiger charge is -2.11. The summed E-state index contributed by atoms with van der Waals surface area (Å²) in [5.74, 6) is -0.662. The molecule has 0 spiro atoms. The monoisotopic (exact) mass is 413 g/mol. The smallest absolute Gasteiger partial charge is 0.272 e. The van der Waals surface area contributed by atoms with Crippen LogP contribution in [-0.2, 0) is 6.54 Å². The largest absolute Gasteiger partial charge is 0.347 e. The van der Waals surface area contributed by atoms with E-state index in [1.807, 2.05) is 18.2 Å².